The van der Waals surface area contributed by atoms with Crippen LogP contribution in [0.15, 0.2) is 41.1 Å². The highest BCUT2D eigenvalue weighted by Crippen LogP contribution is 2.20. The van der Waals surface area contributed by atoms with Gasteiger partial charge >= 0.3 is 6.01 Å². The first-order valence-corrected chi connectivity index (χ1v) is 10.2. The maximum absolute atomic E-state index is 12.9. The summed E-state index contributed by atoms with van der Waals surface area (Å²) in [6.07, 6.45) is 5.03. The smallest absolute Gasteiger partial charge is 0.316 e. The average Bonchev–Trinajstić information content (AvgIpc) is 2.71. The van der Waals surface area contributed by atoms with E-state index in [9.17, 15) is 4.79 Å². The predicted molar refractivity (Wildman–Crippen MR) is 109 cm³/mol. The number of benzene rings is 1. The van der Waals surface area contributed by atoms with Crippen LogP contribution >= 0.6 is 15.9 Å². The van der Waals surface area contributed by atoms with Gasteiger partial charge in [0.1, 0.15) is 6.10 Å². The second kappa shape index (κ2) is 9.17. The van der Waals surface area contributed by atoms with Gasteiger partial charge in [-0.1, -0.05) is 0 Å². The van der Waals surface area contributed by atoms with Crippen LogP contribution in [-0.4, -0.2) is 53.1 Å². The summed E-state index contributed by atoms with van der Waals surface area (Å²) in [5.74, 6) is 0.0473. The molecule has 7 heteroatoms. The number of carbonyl (C=O) groups excluding carboxylic acids is 1. The molecule has 1 aliphatic heterocycles. The fourth-order valence-electron chi connectivity index (χ4n) is 3.32. The molecule has 0 spiro atoms. The Morgan fingerprint density at radius 2 is 1.89 bits per heavy atom. The second-order valence-corrected chi connectivity index (χ2v) is 7.45. The number of piperidine rings is 1. The summed E-state index contributed by atoms with van der Waals surface area (Å²) in [7, 11) is 0. The first kappa shape index (κ1) is 19.6. The topological polar surface area (TPSA) is 58.6 Å². The van der Waals surface area contributed by atoms with Crippen LogP contribution in [0.2, 0.25) is 0 Å². The van der Waals surface area contributed by atoms with Gasteiger partial charge in [-0.05, 0) is 66.9 Å². The number of anilines is 1. The van der Waals surface area contributed by atoms with Crippen molar-refractivity contribution in [2.75, 3.05) is 31.1 Å². The normalized spacial score (nSPS) is 16.9. The van der Waals surface area contributed by atoms with Gasteiger partial charge in [-0.25, -0.2) is 9.97 Å². The van der Waals surface area contributed by atoms with Crippen LogP contribution in [0, 0.1) is 0 Å². The molecule has 0 bridgehead atoms. The molecule has 1 atom stereocenters. The third-order valence-electron chi connectivity index (χ3n) is 4.78. The third-order valence-corrected chi connectivity index (χ3v) is 5.19. The van der Waals surface area contributed by atoms with Gasteiger partial charge in [-0.2, -0.15) is 0 Å². The highest BCUT2D eigenvalue weighted by molar-refractivity contribution is 9.10. The molecule has 2 heterocycles. The molecule has 1 saturated heterocycles. The van der Waals surface area contributed by atoms with Gasteiger partial charge in [0, 0.05) is 43.3 Å². The molecule has 0 saturated carbocycles. The molecule has 0 N–H and O–H groups in total. The summed E-state index contributed by atoms with van der Waals surface area (Å²) in [5.41, 5.74) is 1.86. The van der Waals surface area contributed by atoms with Gasteiger partial charge in [0.15, 0.2) is 0 Å². The molecule has 144 valence electrons. The summed E-state index contributed by atoms with van der Waals surface area (Å²) in [4.78, 5) is 25.3. The Hall–Kier alpha value is -2.15. The number of likely N-dealkylation sites (tertiary alicyclic amines) is 1. The van der Waals surface area contributed by atoms with Crippen molar-refractivity contribution in [3.63, 3.8) is 0 Å². The molecule has 27 heavy (non-hydrogen) atoms. The number of halogens is 1. The molecule has 1 aromatic heterocycles. The van der Waals surface area contributed by atoms with Crippen LogP contribution in [0.3, 0.4) is 0 Å². The minimum atomic E-state index is -0.0844. The van der Waals surface area contributed by atoms with Gasteiger partial charge in [-0.3, -0.25) is 4.79 Å². The summed E-state index contributed by atoms with van der Waals surface area (Å²) in [6.45, 7) is 7.46. The number of amides is 1. The minimum absolute atomic E-state index is 0.0473. The highest BCUT2D eigenvalue weighted by Gasteiger charge is 2.26. The van der Waals surface area contributed by atoms with E-state index in [1.54, 1.807) is 12.4 Å². The fraction of sp³-hybridized carbons (Fsp3) is 0.450. The molecule has 1 fully saturated rings. The Labute approximate surface area is 168 Å². The van der Waals surface area contributed by atoms with Crippen molar-refractivity contribution in [3.05, 3.63) is 46.7 Å². The zero-order valence-corrected chi connectivity index (χ0v) is 17.4. The zero-order chi connectivity index (χ0) is 19.2. The molecule has 0 aliphatic carbocycles. The van der Waals surface area contributed by atoms with E-state index < -0.39 is 0 Å². The Bertz CT molecular complexity index is 748. The predicted octanol–water partition coefficient (Wildman–Crippen LogP) is 3.77. The van der Waals surface area contributed by atoms with E-state index in [4.69, 9.17) is 4.74 Å². The molecule has 6 nitrogen and oxygen atoms in total. The van der Waals surface area contributed by atoms with Crippen molar-refractivity contribution in [2.45, 2.75) is 32.8 Å². The maximum Gasteiger partial charge on any atom is 0.316 e. The monoisotopic (exact) mass is 432 g/mol. The van der Waals surface area contributed by atoms with Gasteiger partial charge in [0.05, 0.1) is 11.0 Å². The van der Waals surface area contributed by atoms with E-state index in [0.29, 0.717) is 18.1 Å². The minimum Gasteiger partial charge on any atom is -0.458 e. The van der Waals surface area contributed by atoms with E-state index in [-0.39, 0.29) is 12.0 Å². The Morgan fingerprint density at radius 3 is 2.52 bits per heavy atom. The highest BCUT2D eigenvalue weighted by atomic mass is 79.9. The average molecular weight is 433 g/mol. The van der Waals surface area contributed by atoms with Gasteiger partial charge in [0.2, 0.25) is 0 Å². The number of rotatable bonds is 6. The number of hydrogen-bond acceptors (Lipinski definition) is 5. The van der Waals surface area contributed by atoms with Crippen LogP contribution in [0.25, 0.3) is 0 Å². The third kappa shape index (κ3) is 4.97. The lowest BCUT2D eigenvalue weighted by molar-refractivity contribution is 0.0515. The molecular weight excluding hydrogens is 408 g/mol. The number of nitrogens with zero attached hydrogens (tertiary/aromatic N) is 4. The summed E-state index contributed by atoms with van der Waals surface area (Å²) in [5, 5.41) is 0. The number of ether oxygens (including phenoxy) is 1. The van der Waals surface area contributed by atoms with E-state index in [2.05, 4.69) is 44.6 Å². The molecule has 1 unspecified atom stereocenters. The lowest BCUT2D eigenvalue weighted by Crippen LogP contribution is -2.44. The van der Waals surface area contributed by atoms with E-state index in [1.165, 1.54) is 0 Å². The molecule has 1 aromatic carbocycles. The van der Waals surface area contributed by atoms with Gasteiger partial charge in [0.25, 0.3) is 5.91 Å². The summed E-state index contributed by atoms with van der Waals surface area (Å²) >= 11 is 3.31. The maximum atomic E-state index is 12.9. The van der Waals surface area contributed by atoms with Gasteiger partial charge < -0.3 is 14.5 Å². The first-order valence-electron chi connectivity index (χ1n) is 9.39. The van der Waals surface area contributed by atoms with Crippen LogP contribution in [0.4, 0.5) is 5.69 Å². The second-order valence-electron chi connectivity index (χ2n) is 6.54. The largest absolute Gasteiger partial charge is 0.458 e. The zero-order valence-electron chi connectivity index (χ0n) is 15.8. The first-order chi connectivity index (χ1) is 13.1. The SMILES string of the molecule is CCN(CC)c1ccc(C(=O)N2CCCC(Oc3ncc(Br)cn3)C2)cc1. The number of aromatic nitrogens is 2. The van der Waals surface area contributed by atoms with Crippen molar-refractivity contribution in [1.82, 2.24) is 14.9 Å². The molecule has 1 aliphatic rings. The number of hydrogen-bond donors (Lipinski definition) is 0. The quantitative estimate of drug-likeness (QED) is 0.694. The summed E-state index contributed by atoms with van der Waals surface area (Å²) < 4.78 is 6.67. The molecule has 2 aromatic rings. The molecule has 0 radical (unpaired) electrons. The standard InChI is InChI=1S/C20H25BrN4O2/c1-3-24(4-2)17-9-7-15(8-10-17)19(26)25-11-5-6-18(14-25)27-20-22-12-16(21)13-23-20/h7-10,12-13,18H,3-6,11,14H2,1-2H3. The summed E-state index contributed by atoms with van der Waals surface area (Å²) in [6, 6.07) is 8.22. The van der Waals surface area contributed by atoms with Crippen molar-refractivity contribution < 1.29 is 9.53 Å². The van der Waals surface area contributed by atoms with Crippen LogP contribution in [0.1, 0.15) is 37.0 Å². The Kier molecular flexibility index (Phi) is 6.66. The van der Waals surface area contributed by atoms with E-state index in [0.717, 1.165) is 42.6 Å². The van der Waals surface area contributed by atoms with Crippen molar-refractivity contribution in [3.8, 4) is 6.01 Å². The van der Waals surface area contributed by atoms with Gasteiger partial charge in [-0.15, -0.1) is 0 Å². The van der Waals surface area contributed by atoms with Crippen LogP contribution < -0.4 is 9.64 Å². The molecule has 3 rings (SSSR count). The fourth-order valence-corrected chi connectivity index (χ4v) is 3.52. The molecule has 1 amide bonds. The Morgan fingerprint density at radius 1 is 1.22 bits per heavy atom. The number of carbonyl (C=O) groups is 1. The van der Waals surface area contributed by atoms with E-state index in [1.807, 2.05) is 29.2 Å². The molecular formula is C20H25BrN4O2. The van der Waals surface area contributed by atoms with Crippen LogP contribution in [0.5, 0.6) is 6.01 Å². The van der Waals surface area contributed by atoms with Crippen molar-refractivity contribution in [2.24, 2.45) is 0 Å². The van der Waals surface area contributed by atoms with Crippen LogP contribution in [-0.2, 0) is 0 Å². The lowest BCUT2D eigenvalue weighted by atomic mass is 10.1. The lowest BCUT2D eigenvalue weighted by Gasteiger charge is -2.32. The van der Waals surface area contributed by atoms with E-state index >= 15 is 0 Å². The van der Waals surface area contributed by atoms with Crippen molar-refractivity contribution in [1.29, 1.82) is 0 Å². The van der Waals surface area contributed by atoms with Crippen molar-refractivity contribution >= 4 is 27.5 Å². The Balaban J connectivity index is 1.63.